The molecule has 0 aromatic carbocycles. The molecule has 0 saturated heterocycles. The molecule has 0 aliphatic rings. The zero-order chi connectivity index (χ0) is 71.5. The fraction of sp³-hybridized carbons (Fsp3) is 0.865. The maximum atomic E-state index is 12.8. The van der Waals surface area contributed by atoms with Gasteiger partial charge in [-0.25, -0.2) is 4.57 Å². The van der Waals surface area contributed by atoms with E-state index in [1.807, 2.05) is 0 Å². The van der Waals surface area contributed by atoms with Crippen LogP contribution in [0.2, 0.25) is 0 Å². The second-order valence-corrected chi connectivity index (χ2v) is 31.2. The maximum Gasteiger partial charge on any atom is 0.472 e. The Morgan fingerprint density at radius 3 is 0.778 bits per heavy atom. The van der Waals surface area contributed by atoms with Crippen LogP contribution in [0.5, 0.6) is 0 Å². The zero-order valence-corrected chi connectivity index (χ0v) is 66.9. The summed E-state index contributed by atoms with van der Waals surface area (Å²) in [5.41, 5.74) is 5.42. The second kappa shape index (κ2) is 84.6. The minimum absolute atomic E-state index is 0.0560. The van der Waals surface area contributed by atoms with Crippen molar-refractivity contribution in [2.24, 2.45) is 5.73 Å². The Morgan fingerprint density at radius 2 is 0.525 bits per heavy atom. The van der Waals surface area contributed by atoms with Gasteiger partial charge in [-0.05, 0) is 83.5 Å². The minimum Gasteiger partial charge on any atom is -0.462 e. The number of unbranched alkanes of at least 4 members (excludes halogenated alkanes) is 61. The summed E-state index contributed by atoms with van der Waals surface area (Å²) < 4.78 is 33.3. The van der Waals surface area contributed by atoms with Crippen molar-refractivity contribution >= 4 is 19.8 Å². The van der Waals surface area contributed by atoms with Crippen LogP contribution in [0.1, 0.15) is 463 Å². The van der Waals surface area contributed by atoms with E-state index in [1.54, 1.807) is 0 Å². The number of carbonyl (C=O) groups excluding carboxylic acids is 2. The van der Waals surface area contributed by atoms with Crippen molar-refractivity contribution in [2.75, 3.05) is 26.4 Å². The van der Waals surface area contributed by atoms with E-state index in [2.05, 4.69) is 74.6 Å². The number of hydrogen-bond acceptors (Lipinski definition) is 8. The molecule has 0 aliphatic heterocycles. The summed E-state index contributed by atoms with van der Waals surface area (Å²) in [4.78, 5) is 35.5. The van der Waals surface area contributed by atoms with Crippen molar-refractivity contribution in [3.63, 3.8) is 0 Å². The molecule has 3 N–H and O–H groups in total. The first-order chi connectivity index (χ1) is 48.8. The lowest BCUT2D eigenvalue weighted by atomic mass is 10.0. The summed E-state index contributed by atoms with van der Waals surface area (Å²) in [6.07, 6.45) is 113. The average Bonchev–Trinajstić information content (AvgIpc) is 1.35. The molecular weight excluding hydrogens is 1240 g/mol. The first-order valence-electron chi connectivity index (χ1n) is 43.8. The third-order valence-corrected chi connectivity index (χ3v) is 20.9. The Hall–Kier alpha value is -2.29. The number of ether oxygens (including phenoxy) is 2. The topological polar surface area (TPSA) is 134 Å². The lowest BCUT2D eigenvalue weighted by Gasteiger charge is -2.19. The molecule has 2 atom stereocenters. The Kier molecular flexibility index (Phi) is 82.7. The van der Waals surface area contributed by atoms with E-state index in [0.717, 1.165) is 51.4 Å². The van der Waals surface area contributed by atoms with E-state index in [9.17, 15) is 19.0 Å². The lowest BCUT2D eigenvalue weighted by Crippen LogP contribution is -2.29. The Morgan fingerprint density at radius 1 is 0.303 bits per heavy atom. The van der Waals surface area contributed by atoms with Crippen LogP contribution in [0.15, 0.2) is 60.8 Å². The summed E-state index contributed by atoms with van der Waals surface area (Å²) >= 11 is 0. The van der Waals surface area contributed by atoms with Gasteiger partial charge >= 0.3 is 19.8 Å². The molecule has 0 fully saturated rings. The fourth-order valence-electron chi connectivity index (χ4n) is 13.4. The molecule has 99 heavy (non-hydrogen) atoms. The summed E-state index contributed by atoms with van der Waals surface area (Å²) in [5, 5.41) is 0. The van der Waals surface area contributed by atoms with Gasteiger partial charge in [0.15, 0.2) is 6.10 Å². The van der Waals surface area contributed by atoms with Crippen molar-refractivity contribution < 1.29 is 37.6 Å². The number of carbonyl (C=O) groups is 2. The van der Waals surface area contributed by atoms with Gasteiger partial charge in [0, 0.05) is 19.4 Å². The molecule has 0 radical (unpaired) electrons. The summed E-state index contributed by atoms with van der Waals surface area (Å²) in [7, 11) is -4.40. The number of esters is 2. The van der Waals surface area contributed by atoms with Crippen LogP contribution in [0.4, 0.5) is 0 Å². The monoisotopic (exact) mass is 1410 g/mol. The molecule has 0 bridgehead atoms. The van der Waals surface area contributed by atoms with Gasteiger partial charge in [0.2, 0.25) is 0 Å². The van der Waals surface area contributed by atoms with E-state index < -0.39 is 26.5 Å². The predicted molar refractivity (Wildman–Crippen MR) is 432 cm³/mol. The van der Waals surface area contributed by atoms with Crippen molar-refractivity contribution in [1.82, 2.24) is 0 Å². The SMILES string of the molecule is CCCCCCC/C=C\C/C=C\C/C=C\CCCCCCCCCCCCCCCCCCCCCCCCCCC(=O)OC(COC(=O)CCCCCCCCCCCCCCCCCCCCCCCCCCCCC/C=C\C/C=C\CCCCCCC)COP(=O)(O)OCCN. The first kappa shape index (κ1) is 96.7. The standard InChI is InChI=1S/C89H168NO8P/c1-3-5-7-9-11-13-15-17-19-21-23-25-27-29-31-33-35-37-39-41-43-45-47-49-51-53-55-57-59-61-63-65-67-69-71-73-75-77-79-81-88(91)95-85-87(86-97-99(93,94)96-84-83-90)98-89(92)82-80-78-76-74-72-70-68-66-64-62-60-58-56-54-52-50-48-46-44-42-40-38-36-34-32-30-28-26-24-22-20-18-16-14-12-10-8-6-4-2/h15-18,21-24,28,30,87H,3-14,19-20,25-27,29,31-86,90H2,1-2H3,(H,93,94)/b17-15-,18-16-,23-21-,24-22-,30-28-. The van der Waals surface area contributed by atoms with Gasteiger partial charge in [-0.1, -0.05) is 428 Å². The van der Waals surface area contributed by atoms with Gasteiger partial charge in [0.25, 0.3) is 0 Å². The number of hydrogen-bond donors (Lipinski definition) is 2. The average molecular weight is 1410 g/mol. The Bertz CT molecular complexity index is 1810. The summed E-state index contributed by atoms with van der Waals surface area (Å²) in [6, 6.07) is 0. The largest absolute Gasteiger partial charge is 0.472 e. The number of allylic oxidation sites excluding steroid dienone is 10. The molecule has 0 saturated carbocycles. The second-order valence-electron chi connectivity index (χ2n) is 29.8. The molecule has 0 amide bonds. The minimum atomic E-state index is -4.40. The van der Waals surface area contributed by atoms with Crippen LogP contribution in [0.25, 0.3) is 0 Å². The van der Waals surface area contributed by atoms with Gasteiger partial charge in [-0.15, -0.1) is 0 Å². The van der Waals surface area contributed by atoms with Gasteiger partial charge in [0.05, 0.1) is 13.2 Å². The molecule has 0 aliphatic carbocycles. The van der Waals surface area contributed by atoms with Crippen LogP contribution in [0, 0.1) is 0 Å². The molecule has 9 nitrogen and oxygen atoms in total. The molecule has 0 spiro atoms. The number of nitrogens with two attached hydrogens (primary N) is 1. The molecule has 582 valence electrons. The molecule has 0 aromatic heterocycles. The number of phosphoric ester groups is 1. The predicted octanol–water partition coefficient (Wildman–Crippen LogP) is 29.7. The normalized spacial score (nSPS) is 13.1. The van der Waals surface area contributed by atoms with E-state index >= 15 is 0 Å². The van der Waals surface area contributed by atoms with Gasteiger partial charge in [-0.3, -0.25) is 18.6 Å². The van der Waals surface area contributed by atoms with E-state index in [-0.39, 0.29) is 38.6 Å². The molecule has 10 heteroatoms. The number of rotatable bonds is 84. The summed E-state index contributed by atoms with van der Waals surface area (Å²) in [5.74, 6) is -0.800. The van der Waals surface area contributed by atoms with E-state index in [1.165, 1.54) is 379 Å². The molecule has 0 heterocycles. The van der Waals surface area contributed by atoms with Crippen molar-refractivity contribution in [1.29, 1.82) is 0 Å². The molecule has 0 rings (SSSR count). The highest BCUT2D eigenvalue weighted by atomic mass is 31.2. The highest BCUT2D eigenvalue weighted by Gasteiger charge is 2.26. The van der Waals surface area contributed by atoms with Crippen molar-refractivity contribution in [2.45, 2.75) is 469 Å². The summed E-state index contributed by atoms with van der Waals surface area (Å²) in [6.45, 7) is 3.80. The van der Waals surface area contributed by atoms with Crippen LogP contribution in [0.3, 0.4) is 0 Å². The highest BCUT2D eigenvalue weighted by molar-refractivity contribution is 7.47. The first-order valence-corrected chi connectivity index (χ1v) is 45.3. The third kappa shape index (κ3) is 84.5. The quantitative estimate of drug-likeness (QED) is 0.0264. The highest BCUT2D eigenvalue weighted by Crippen LogP contribution is 2.43. The molecular formula is C89H168NO8P. The van der Waals surface area contributed by atoms with Crippen LogP contribution in [-0.2, 0) is 32.7 Å². The Balaban J connectivity index is 3.71. The smallest absolute Gasteiger partial charge is 0.462 e. The van der Waals surface area contributed by atoms with Crippen molar-refractivity contribution in [3.05, 3.63) is 60.8 Å². The fourth-order valence-corrected chi connectivity index (χ4v) is 14.2. The van der Waals surface area contributed by atoms with Crippen LogP contribution >= 0.6 is 7.82 Å². The van der Waals surface area contributed by atoms with Crippen LogP contribution in [-0.4, -0.2) is 49.3 Å². The molecule has 0 aromatic rings. The van der Waals surface area contributed by atoms with Crippen molar-refractivity contribution in [3.8, 4) is 0 Å². The van der Waals surface area contributed by atoms with Gasteiger partial charge in [0.1, 0.15) is 6.61 Å². The van der Waals surface area contributed by atoms with Gasteiger partial charge in [-0.2, -0.15) is 0 Å². The lowest BCUT2D eigenvalue weighted by molar-refractivity contribution is -0.161. The van der Waals surface area contributed by atoms with Gasteiger partial charge < -0.3 is 20.1 Å². The van der Waals surface area contributed by atoms with Crippen LogP contribution < -0.4 is 5.73 Å². The number of phosphoric acid groups is 1. The maximum absolute atomic E-state index is 12.8. The van der Waals surface area contributed by atoms with E-state index in [4.69, 9.17) is 24.3 Å². The Labute approximate surface area is 616 Å². The van der Waals surface area contributed by atoms with E-state index in [0.29, 0.717) is 6.42 Å². The molecule has 2 unspecified atom stereocenters. The third-order valence-electron chi connectivity index (χ3n) is 19.9. The zero-order valence-electron chi connectivity index (χ0n) is 66.0.